The number of fused-ring (bicyclic) bond motifs is 1. The zero-order chi connectivity index (χ0) is 14.5. The number of methoxy groups -OCH3 is 1. The maximum absolute atomic E-state index is 5.27. The Kier molecular flexibility index (Phi) is 4.51. The summed E-state index contributed by atoms with van der Waals surface area (Å²) in [5.41, 5.74) is 3.95. The van der Waals surface area contributed by atoms with Gasteiger partial charge in [-0.05, 0) is 61.6 Å². The molecular formula is C18H22N2O. The lowest BCUT2D eigenvalue weighted by atomic mass is 9.92. The minimum absolute atomic E-state index is 0.403. The van der Waals surface area contributed by atoms with E-state index in [1.807, 2.05) is 24.4 Å². The zero-order valence-corrected chi connectivity index (χ0v) is 12.5. The second-order valence-electron chi connectivity index (χ2n) is 5.55. The summed E-state index contributed by atoms with van der Waals surface area (Å²) in [5, 5.41) is 3.66. The van der Waals surface area contributed by atoms with Gasteiger partial charge >= 0.3 is 0 Å². The van der Waals surface area contributed by atoms with E-state index >= 15 is 0 Å². The molecule has 0 spiro atoms. The quantitative estimate of drug-likeness (QED) is 0.913. The highest BCUT2D eigenvalue weighted by Gasteiger charge is 2.20. The standard InChI is InChI=1S/C18H22N2O/c1-21-16-8-2-5-14(13-16)10-12-19-17-9-3-6-15-7-4-11-20-18(15)17/h2,4-5,7-8,11,13,17,19H,3,6,9-10,12H2,1H3. The van der Waals surface area contributed by atoms with Gasteiger partial charge in [0.1, 0.15) is 5.75 Å². The molecule has 1 aliphatic carbocycles. The van der Waals surface area contributed by atoms with Crippen molar-refractivity contribution in [3.63, 3.8) is 0 Å². The maximum Gasteiger partial charge on any atom is 0.119 e. The fourth-order valence-corrected chi connectivity index (χ4v) is 3.03. The van der Waals surface area contributed by atoms with Crippen molar-refractivity contribution in [2.24, 2.45) is 0 Å². The van der Waals surface area contributed by atoms with Gasteiger partial charge in [-0.25, -0.2) is 0 Å². The minimum Gasteiger partial charge on any atom is -0.497 e. The number of hydrogen-bond acceptors (Lipinski definition) is 3. The molecule has 3 nitrogen and oxygen atoms in total. The Morgan fingerprint density at radius 1 is 1.29 bits per heavy atom. The molecule has 1 heterocycles. The van der Waals surface area contributed by atoms with Crippen LogP contribution < -0.4 is 10.1 Å². The van der Waals surface area contributed by atoms with Gasteiger partial charge in [-0.15, -0.1) is 0 Å². The number of hydrogen-bond donors (Lipinski definition) is 1. The van der Waals surface area contributed by atoms with Gasteiger partial charge in [-0.2, -0.15) is 0 Å². The van der Waals surface area contributed by atoms with E-state index in [9.17, 15) is 0 Å². The van der Waals surface area contributed by atoms with Crippen molar-refractivity contribution in [2.45, 2.75) is 31.7 Å². The highest BCUT2D eigenvalue weighted by molar-refractivity contribution is 5.29. The van der Waals surface area contributed by atoms with Crippen LogP contribution in [0.1, 0.15) is 35.7 Å². The molecule has 0 bridgehead atoms. The van der Waals surface area contributed by atoms with Crippen LogP contribution in [0.3, 0.4) is 0 Å². The second kappa shape index (κ2) is 6.72. The Morgan fingerprint density at radius 3 is 3.14 bits per heavy atom. The van der Waals surface area contributed by atoms with E-state index in [0.29, 0.717) is 6.04 Å². The molecule has 1 N–H and O–H groups in total. The fourth-order valence-electron chi connectivity index (χ4n) is 3.03. The summed E-state index contributed by atoms with van der Waals surface area (Å²) in [4.78, 5) is 4.57. The summed E-state index contributed by atoms with van der Waals surface area (Å²) < 4.78 is 5.27. The van der Waals surface area contributed by atoms with Gasteiger partial charge in [-0.3, -0.25) is 4.98 Å². The van der Waals surface area contributed by atoms with Crippen molar-refractivity contribution in [3.05, 3.63) is 59.4 Å². The van der Waals surface area contributed by atoms with Crippen molar-refractivity contribution < 1.29 is 4.74 Å². The Morgan fingerprint density at radius 2 is 2.24 bits per heavy atom. The summed E-state index contributed by atoms with van der Waals surface area (Å²) in [6.45, 7) is 0.966. The van der Waals surface area contributed by atoms with Crippen molar-refractivity contribution >= 4 is 0 Å². The Balaban J connectivity index is 1.59. The number of aromatic nitrogens is 1. The third kappa shape index (κ3) is 3.42. The number of benzene rings is 1. The Labute approximate surface area is 126 Å². The van der Waals surface area contributed by atoms with Crippen LogP contribution in [0.25, 0.3) is 0 Å². The lowest BCUT2D eigenvalue weighted by molar-refractivity contribution is 0.414. The molecule has 0 saturated heterocycles. The van der Waals surface area contributed by atoms with Gasteiger partial charge in [0.05, 0.1) is 12.8 Å². The molecule has 0 aliphatic heterocycles. The molecule has 1 aliphatic rings. The minimum atomic E-state index is 0.403. The van der Waals surface area contributed by atoms with E-state index in [-0.39, 0.29) is 0 Å². The van der Waals surface area contributed by atoms with Gasteiger partial charge in [0.15, 0.2) is 0 Å². The number of pyridine rings is 1. The first-order valence-corrected chi connectivity index (χ1v) is 7.67. The maximum atomic E-state index is 5.27. The van der Waals surface area contributed by atoms with Gasteiger partial charge in [0, 0.05) is 12.2 Å². The molecule has 3 rings (SSSR count). The molecule has 1 aromatic carbocycles. The van der Waals surface area contributed by atoms with Crippen LogP contribution in [-0.2, 0) is 12.8 Å². The number of ether oxygens (including phenoxy) is 1. The monoisotopic (exact) mass is 282 g/mol. The summed E-state index contributed by atoms with van der Waals surface area (Å²) in [6.07, 6.45) is 6.51. The number of nitrogens with one attached hydrogen (secondary N) is 1. The first-order chi connectivity index (χ1) is 10.4. The van der Waals surface area contributed by atoms with E-state index < -0.39 is 0 Å². The third-order valence-electron chi connectivity index (χ3n) is 4.13. The van der Waals surface area contributed by atoms with Crippen LogP contribution in [0.4, 0.5) is 0 Å². The molecule has 110 valence electrons. The van der Waals surface area contributed by atoms with E-state index in [1.165, 1.54) is 29.7 Å². The zero-order valence-electron chi connectivity index (χ0n) is 12.5. The smallest absolute Gasteiger partial charge is 0.119 e. The van der Waals surface area contributed by atoms with E-state index in [4.69, 9.17) is 4.74 Å². The van der Waals surface area contributed by atoms with Crippen molar-refractivity contribution in [1.82, 2.24) is 10.3 Å². The summed E-state index contributed by atoms with van der Waals surface area (Å²) in [5.74, 6) is 0.928. The number of rotatable bonds is 5. The van der Waals surface area contributed by atoms with Gasteiger partial charge in [0.25, 0.3) is 0 Å². The molecule has 0 saturated carbocycles. The van der Waals surface area contributed by atoms with Crippen LogP contribution in [0.15, 0.2) is 42.6 Å². The highest BCUT2D eigenvalue weighted by Crippen LogP contribution is 2.27. The first kappa shape index (κ1) is 14.1. The largest absolute Gasteiger partial charge is 0.497 e. The van der Waals surface area contributed by atoms with E-state index in [0.717, 1.165) is 25.1 Å². The first-order valence-electron chi connectivity index (χ1n) is 7.67. The van der Waals surface area contributed by atoms with Crippen LogP contribution >= 0.6 is 0 Å². The molecule has 3 heteroatoms. The SMILES string of the molecule is COc1cccc(CCNC2CCCc3cccnc32)c1. The molecule has 0 fully saturated rings. The molecule has 0 radical (unpaired) electrons. The molecule has 0 amide bonds. The third-order valence-corrected chi connectivity index (χ3v) is 4.13. The highest BCUT2D eigenvalue weighted by atomic mass is 16.5. The average Bonchev–Trinajstić information content (AvgIpc) is 2.55. The van der Waals surface area contributed by atoms with Crippen LogP contribution in [-0.4, -0.2) is 18.6 Å². The van der Waals surface area contributed by atoms with E-state index in [1.54, 1.807) is 7.11 Å². The number of nitrogens with zero attached hydrogens (tertiary/aromatic N) is 1. The summed E-state index contributed by atoms with van der Waals surface area (Å²) in [6, 6.07) is 12.9. The van der Waals surface area contributed by atoms with Crippen LogP contribution in [0, 0.1) is 0 Å². The lowest BCUT2D eigenvalue weighted by Crippen LogP contribution is -2.28. The molecule has 1 atom stereocenters. The molecule has 21 heavy (non-hydrogen) atoms. The predicted molar refractivity (Wildman–Crippen MR) is 84.6 cm³/mol. The Hall–Kier alpha value is -1.87. The van der Waals surface area contributed by atoms with Gasteiger partial charge in [0.2, 0.25) is 0 Å². The fraction of sp³-hybridized carbons (Fsp3) is 0.389. The molecular weight excluding hydrogens is 260 g/mol. The molecule has 1 unspecified atom stereocenters. The lowest BCUT2D eigenvalue weighted by Gasteiger charge is -2.25. The topological polar surface area (TPSA) is 34.1 Å². The second-order valence-corrected chi connectivity index (χ2v) is 5.55. The van der Waals surface area contributed by atoms with Crippen molar-refractivity contribution in [1.29, 1.82) is 0 Å². The molecule has 1 aromatic heterocycles. The average molecular weight is 282 g/mol. The summed E-state index contributed by atoms with van der Waals surface area (Å²) >= 11 is 0. The van der Waals surface area contributed by atoms with Gasteiger partial charge in [-0.1, -0.05) is 18.2 Å². The van der Waals surface area contributed by atoms with Crippen LogP contribution in [0.5, 0.6) is 5.75 Å². The van der Waals surface area contributed by atoms with Crippen molar-refractivity contribution in [3.8, 4) is 5.75 Å². The normalized spacial score (nSPS) is 17.3. The van der Waals surface area contributed by atoms with Crippen LogP contribution in [0.2, 0.25) is 0 Å². The predicted octanol–water partition coefficient (Wildman–Crippen LogP) is 3.30. The summed E-state index contributed by atoms with van der Waals surface area (Å²) in [7, 11) is 1.71. The van der Waals surface area contributed by atoms with E-state index in [2.05, 4.69) is 28.5 Å². The van der Waals surface area contributed by atoms with Gasteiger partial charge < -0.3 is 10.1 Å². The molecule has 2 aromatic rings. The number of aryl methyl sites for hydroxylation is 1. The van der Waals surface area contributed by atoms with Crippen molar-refractivity contribution in [2.75, 3.05) is 13.7 Å². The Bertz CT molecular complexity index is 597.